The van der Waals surface area contributed by atoms with Gasteiger partial charge >= 0.3 is 0 Å². The summed E-state index contributed by atoms with van der Waals surface area (Å²) >= 11 is 0. The van der Waals surface area contributed by atoms with Crippen molar-refractivity contribution in [1.82, 2.24) is 0 Å². The summed E-state index contributed by atoms with van der Waals surface area (Å²) < 4.78 is 5.18. The van der Waals surface area contributed by atoms with Gasteiger partial charge in [0.15, 0.2) is 0 Å². The summed E-state index contributed by atoms with van der Waals surface area (Å²) in [5, 5.41) is 0. The lowest BCUT2D eigenvalue weighted by molar-refractivity contribution is 0.129. The third-order valence-electron chi connectivity index (χ3n) is 2.94. The maximum atomic E-state index is 6.28. The summed E-state index contributed by atoms with van der Waals surface area (Å²) in [5.41, 5.74) is 8.67. The van der Waals surface area contributed by atoms with E-state index in [4.69, 9.17) is 10.5 Å². The van der Waals surface area contributed by atoms with E-state index in [9.17, 15) is 0 Å². The van der Waals surface area contributed by atoms with E-state index in [1.807, 2.05) is 0 Å². The normalized spacial score (nSPS) is 14.9. The predicted molar refractivity (Wildman–Crippen MR) is 64.0 cm³/mol. The number of nitrogens with two attached hydrogens (primary N) is 1. The molecule has 0 amide bonds. The lowest BCUT2D eigenvalue weighted by atomic mass is 9.88. The van der Waals surface area contributed by atoms with E-state index in [0.717, 1.165) is 12.8 Å². The fraction of sp³-hybridized carbons (Fsp3) is 0.538. The molecular weight excluding hydrogens is 186 g/mol. The zero-order chi connectivity index (χ0) is 11.3. The Kier molecular flexibility index (Phi) is 4.30. The van der Waals surface area contributed by atoms with E-state index in [2.05, 4.69) is 38.1 Å². The summed E-state index contributed by atoms with van der Waals surface area (Å²) in [6, 6.07) is 8.38. The standard InChI is InChI=1S/C13H21NO/c1-4-13(14,10-15-3)9-12-8-6-5-7-11(12)2/h5-8H,4,9-10,14H2,1-3H3. The molecular formula is C13H21NO. The number of rotatable bonds is 5. The van der Waals surface area contributed by atoms with Crippen molar-refractivity contribution in [1.29, 1.82) is 0 Å². The first-order valence-electron chi connectivity index (χ1n) is 5.43. The van der Waals surface area contributed by atoms with Crippen LogP contribution < -0.4 is 5.73 Å². The lowest BCUT2D eigenvalue weighted by Gasteiger charge is -2.28. The van der Waals surface area contributed by atoms with Crippen LogP contribution in [0, 0.1) is 6.92 Å². The highest BCUT2D eigenvalue weighted by Gasteiger charge is 2.23. The van der Waals surface area contributed by atoms with Crippen LogP contribution in [0.1, 0.15) is 24.5 Å². The molecule has 0 bridgehead atoms. The first kappa shape index (κ1) is 12.2. The van der Waals surface area contributed by atoms with Gasteiger partial charge in [-0.3, -0.25) is 0 Å². The molecule has 0 saturated heterocycles. The Hall–Kier alpha value is -0.860. The molecule has 1 atom stereocenters. The Morgan fingerprint density at radius 1 is 1.33 bits per heavy atom. The van der Waals surface area contributed by atoms with E-state index in [-0.39, 0.29) is 5.54 Å². The first-order chi connectivity index (χ1) is 7.11. The number of hydrogen-bond acceptors (Lipinski definition) is 2. The first-order valence-corrected chi connectivity index (χ1v) is 5.43. The van der Waals surface area contributed by atoms with Crippen molar-refractivity contribution >= 4 is 0 Å². The van der Waals surface area contributed by atoms with Crippen LogP contribution in [0.15, 0.2) is 24.3 Å². The van der Waals surface area contributed by atoms with Crippen LogP contribution in [0.5, 0.6) is 0 Å². The van der Waals surface area contributed by atoms with Gasteiger partial charge in [0.1, 0.15) is 0 Å². The smallest absolute Gasteiger partial charge is 0.0645 e. The average Bonchev–Trinajstić information content (AvgIpc) is 2.22. The van der Waals surface area contributed by atoms with Crippen LogP contribution in [0.25, 0.3) is 0 Å². The van der Waals surface area contributed by atoms with Crippen molar-refractivity contribution in [3.05, 3.63) is 35.4 Å². The lowest BCUT2D eigenvalue weighted by Crippen LogP contribution is -2.45. The summed E-state index contributed by atoms with van der Waals surface area (Å²) in [6.45, 7) is 4.84. The molecule has 0 saturated carbocycles. The van der Waals surface area contributed by atoms with Gasteiger partial charge < -0.3 is 10.5 Å². The maximum absolute atomic E-state index is 6.28. The Labute approximate surface area is 92.4 Å². The minimum Gasteiger partial charge on any atom is -0.383 e. The van der Waals surface area contributed by atoms with E-state index in [1.54, 1.807) is 7.11 Å². The summed E-state index contributed by atoms with van der Waals surface area (Å²) in [7, 11) is 1.70. The van der Waals surface area contributed by atoms with Crippen LogP contribution in [0.2, 0.25) is 0 Å². The van der Waals surface area contributed by atoms with Crippen LogP contribution in [0.3, 0.4) is 0 Å². The summed E-state index contributed by atoms with van der Waals surface area (Å²) in [5.74, 6) is 0. The van der Waals surface area contributed by atoms with E-state index in [0.29, 0.717) is 6.61 Å². The molecule has 2 nitrogen and oxygen atoms in total. The van der Waals surface area contributed by atoms with E-state index in [1.165, 1.54) is 11.1 Å². The molecule has 0 spiro atoms. The predicted octanol–water partition coefficient (Wildman–Crippen LogP) is 2.29. The maximum Gasteiger partial charge on any atom is 0.0645 e. The van der Waals surface area contributed by atoms with Gasteiger partial charge in [0.05, 0.1) is 6.61 Å². The number of aryl methyl sites for hydroxylation is 1. The van der Waals surface area contributed by atoms with Crippen molar-refractivity contribution in [3.8, 4) is 0 Å². The fourth-order valence-corrected chi connectivity index (χ4v) is 1.75. The van der Waals surface area contributed by atoms with Crippen molar-refractivity contribution < 1.29 is 4.74 Å². The molecule has 0 aliphatic carbocycles. The fourth-order valence-electron chi connectivity index (χ4n) is 1.75. The molecule has 0 heterocycles. The molecule has 15 heavy (non-hydrogen) atoms. The van der Waals surface area contributed by atoms with Crippen LogP contribution in [0.4, 0.5) is 0 Å². The molecule has 0 aliphatic heterocycles. The van der Waals surface area contributed by atoms with Crippen molar-refractivity contribution in [3.63, 3.8) is 0 Å². The topological polar surface area (TPSA) is 35.2 Å². The number of ether oxygens (including phenoxy) is 1. The highest BCUT2D eigenvalue weighted by Crippen LogP contribution is 2.17. The van der Waals surface area contributed by atoms with Gasteiger partial charge in [-0.15, -0.1) is 0 Å². The molecule has 1 aromatic carbocycles. The van der Waals surface area contributed by atoms with Gasteiger partial charge in [-0.1, -0.05) is 31.2 Å². The Balaban J connectivity index is 2.79. The largest absolute Gasteiger partial charge is 0.383 e. The third kappa shape index (κ3) is 3.33. The molecule has 2 N–H and O–H groups in total. The van der Waals surface area contributed by atoms with Crippen molar-refractivity contribution in [2.75, 3.05) is 13.7 Å². The van der Waals surface area contributed by atoms with Gasteiger partial charge in [-0.2, -0.15) is 0 Å². The van der Waals surface area contributed by atoms with Crippen LogP contribution in [-0.2, 0) is 11.2 Å². The Morgan fingerprint density at radius 3 is 2.53 bits per heavy atom. The third-order valence-corrected chi connectivity index (χ3v) is 2.94. The van der Waals surface area contributed by atoms with E-state index >= 15 is 0 Å². The Morgan fingerprint density at radius 2 is 2.00 bits per heavy atom. The van der Waals surface area contributed by atoms with E-state index < -0.39 is 0 Å². The number of methoxy groups -OCH3 is 1. The van der Waals surface area contributed by atoms with Gasteiger partial charge in [-0.05, 0) is 30.9 Å². The molecule has 1 aromatic rings. The van der Waals surface area contributed by atoms with Gasteiger partial charge in [0.25, 0.3) is 0 Å². The zero-order valence-electron chi connectivity index (χ0n) is 9.92. The molecule has 2 heteroatoms. The Bertz CT molecular complexity index is 311. The molecule has 1 unspecified atom stereocenters. The molecule has 0 radical (unpaired) electrons. The number of benzene rings is 1. The second kappa shape index (κ2) is 5.29. The molecule has 0 aliphatic rings. The highest BCUT2D eigenvalue weighted by atomic mass is 16.5. The van der Waals surface area contributed by atoms with Crippen molar-refractivity contribution in [2.45, 2.75) is 32.2 Å². The molecule has 1 rings (SSSR count). The number of hydrogen-bond donors (Lipinski definition) is 1. The van der Waals surface area contributed by atoms with Crippen molar-refractivity contribution in [2.24, 2.45) is 5.73 Å². The quantitative estimate of drug-likeness (QED) is 0.804. The van der Waals surface area contributed by atoms with Gasteiger partial charge in [0, 0.05) is 12.6 Å². The second-order valence-electron chi connectivity index (χ2n) is 4.25. The highest BCUT2D eigenvalue weighted by molar-refractivity contribution is 5.27. The molecule has 0 aromatic heterocycles. The monoisotopic (exact) mass is 207 g/mol. The second-order valence-corrected chi connectivity index (χ2v) is 4.25. The summed E-state index contributed by atoms with van der Waals surface area (Å²) in [6.07, 6.45) is 1.80. The van der Waals surface area contributed by atoms with Gasteiger partial charge in [0.2, 0.25) is 0 Å². The minimum absolute atomic E-state index is 0.235. The summed E-state index contributed by atoms with van der Waals surface area (Å²) in [4.78, 5) is 0. The minimum atomic E-state index is -0.235. The van der Waals surface area contributed by atoms with Crippen LogP contribution >= 0.6 is 0 Å². The zero-order valence-corrected chi connectivity index (χ0v) is 9.92. The average molecular weight is 207 g/mol. The molecule has 0 fully saturated rings. The SMILES string of the molecule is CCC(N)(COC)Cc1ccccc1C. The van der Waals surface area contributed by atoms with Crippen LogP contribution in [-0.4, -0.2) is 19.3 Å². The van der Waals surface area contributed by atoms with Gasteiger partial charge in [-0.25, -0.2) is 0 Å². The molecule has 84 valence electrons.